The van der Waals surface area contributed by atoms with Crippen LogP contribution in [-0.4, -0.2) is 5.11 Å². The molecule has 0 aliphatic heterocycles. The van der Waals surface area contributed by atoms with Crippen molar-refractivity contribution in [3.05, 3.63) is 17.5 Å². The zero-order chi connectivity index (χ0) is 4.41. The van der Waals surface area contributed by atoms with Crippen molar-refractivity contribution in [1.82, 2.24) is 0 Å². The molecule has 1 aromatic rings. The van der Waals surface area contributed by atoms with Crippen LogP contribution in [0.2, 0.25) is 0 Å². The highest BCUT2D eigenvalue weighted by Gasteiger charge is 1.77. The molecule has 0 unspecified atom stereocenters. The summed E-state index contributed by atoms with van der Waals surface area (Å²) in [5, 5.41) is 10.7. The molecular formula is C5H8OS. The molecule has 2 heteroatoms. The van der Waals surface area contributed by atoms with E-state index in [0.717, 1.165) is 0 Å². The van der Waals surface area contributed by atoms with E-state index in [4.69, 9.17) is 5.11 Å². The van der Waals surface area contributed by atoms with E-state index in [-0.39, 0.29) is 7.43 Å². The number of thiophene rings is 1. The lowest BCUT2D eigenvalue weighted by molar-refractivity contribution is 0.491. The van der Waals surface area contributed by atoms with Crippen molar-refractivity contribution in [2.24, 2.45) is 0 Å². The molecule has 1 nitrogen and oxygen atoms in total. The lowest BCUT2D eigenvalue weighted by Gasteiger charge is -1.67. The molecule has 1 N–H and O–H groups in total. The molecule has 0 atom stereocenters. The maximum absolute atomic E-state index is 8.49. The third kappa shape index (κ3) is 1.59. The third-order valence-electron chi connectivity index (χ3n) is 0.506. The fourth-order valence-corrected chi connectivity index (χ4v) is 0.724. The van der Waals surface area contributed by atoms with Gasteiger partial charge in [0.25, 0.3) is 0 Å². The summed E-state index contributed by atoms with van der Waals surface area (Å²) in [5.41, 5.74) is 0. The molecule has 40 valence electrons. The first-order valence-corrected chi connectivity index (χ1v) is 2.50. The van der Waals surface area contributed by atoms with Gasteiger partial charge in [0, 0.05) is 0 Å². The second kappa shape index (κ2) is 2.64. The molecule has 0 bridgehead atoms. The molecule has 0 saturated heterocycles. The molecule has 0 aliphatic rings. The zero-order valence-electron chi connectivity index (χ0n) is 3.09. The minimum absolute atomic E-state index is 0. The topological polar surface area (TPSA) is 20.2 Å². The number of hydrogen-bond donors (Lipinski definition) is 1. The van der Waals surface area contributed by atoms with Crippen LogP contribution in [0.15, 0.2) is 17.5 Å². The van der Waals surface area contributed by atoms with Crippen LogP contribution in [0, 0.1) is 0 Å². The summed E-state index contributed by atoms with van der Waals surface area (Å²) >= 11 is 1.33. The van der Waals surface area contributed by atoms with Crippen molar-refractivity contribution in [3.63, 3.8) is 0 Å². The predicted molar refractivity (Wildman–Crippen MR) is 32.7 cm³/mol. The second-order valence-electron chi connectivity index (χ2n) is 0.951. The van der Waals surface area contributed by atoms with Gasteiger partial charge in [-0.2, -0.15) is 0 Å². The summed E-state index contributed by atoms with van der Waals surface area (Å²) in [4.78, 5) is 0. The van der Waals surface area contributed by atoms with Gasteiger partial charge in [-0.25, -0.2) is 0 Å². The van der Waals surface area contributed by atoms with Gasteiger partial charge in [0.2, 0.25) is 0 Å². The van der Waals surface area contributed by atoms with Crippen LogP contribution < -0.4 is 0 Å². The lowest BCUT2D eigenvalue weighted by atomic mass is 10.7. The summed E-state index contributed by atoms with van der Waals surface area (Å²) < 4.78 is 0. The highest BCUT2D eigenvalue weighted by molar-refractivity contribution is 7.11. The quantitative estimate of drug-likeness (QED) is 0.550. The summed E-state index contributed by atoms with van der Waals surface area (Å²) in [6, 6.07) is 3.46. The first kappa shape index (κ1) is 6.50. The SMILES string of the molecule is C.Oc1cccs1. The Morgan fingerprint density at radius 1 is 1.57 bits per heavy atom. The van der Waals surface area contributed by atoms with Gasteiger partial charge >= 0.3 is 0 Å². The Labute approximate surface area is 47.2 Å². The highest BCUT2D eigenvalue weighted by Crippen LogP contribution is 2.14. The molecule has 1 aromatic heterocycles. The Morgan fingerprint density at radius 2 is 2.29 bits per heavy atom. The van der Waals surface area contributed by atoms with E-state index in [0.29, 0.717) is 5.06 Å². The molecule has 1 heterocycles. The van der Waals surface area contributed by atoms with Gasteiger partial charge in [0.05, 0.1) is 0 Å². The first-order chi connectivity index (χ1) is 2.89. The predicted octanol–water partition coefficient (Wildman–Crippen LogP) is 2.09. The number of aromatic hydroxyl groups is 1. The Bertz CT molecular complexity index is 112. The van der Waals surface area contributed by atoms with Crippen molar-refractivity contribution >= 4 is 11.3 Å². The smallest absolute Gasteiger partial charge is 0.171 e. The fourth-order valence-electron chi connectivity index (χ4n) is 0.270. The van der Waals surface area contributed by atoms with Crippen molar-refractivity contribution in [2.75, 3.05) is 0 Å². The second-order valence-corrected chi connectivity index (χ2v) is 1.88. The summed E-state index contributed by atoms with van der Waals surface area (Å²) in [6.07, 6.45) is 0. The Kier molecular flexibility index (Phi) is 2.45. The molecule has 0 fully saturated rings. The number of hydrogen-bond acceptors (Lipinski definition) is 2. The standard InChI is InChI=1S/C4H4OS.CH4/c5-4-2-1-3-6-4;/h1-3,5H;1H4. The van der Waals surface area contributed by atoms with Gasteiger partial charge in [-0.15, -0.1) is 11.3 Å². The maximum Gasteiger partial charge on any atom is 0.171 e. The average Bonchev–Trinajstić information content (AvgIpc) is 1.86. The van der Waals surface area contributed by atoms with Gasteiger partial charge in [-0.1, -0.05) is 7.43 Å². The average molecular weight is 116 g/mol. The molecule has 1 rings (SSSR count). The molecule has 0 radical (unpaired) electrons. The third-order valence-corrected chi connectivity index (χ3v) is 1.18. The molecule has 0 aliphatic carbocycles. The summed E-state index contributed by atoms with van der Waals surface area (Å²) in [5.74, 6) is 0. The van der Waals surface area contributed by atoms with Crippen LogP contribution in [0.3, 0.4) is 0 Å². The van der Waals surface area contributed by atoms with E-state index < -0.39 is 0 Å². The Hall–Kier alpha value is -0.500. The van der Waals surface area contributed by atoms with Gasteiger partial charge in [0.15, 0.2) is 5.06 Å². The van der Waals surface area contributed by atoms with Crippen molar-refractivity contribution in [2.45, 2.75) is 7.43 Å². The molecule has 0 amide bonds. The van der Waals surface area contributed by atoms with Crippen molar-refractivity contribution < 1.29 is 5.11 Å². The van der Waals surface area contributed by atoms with Crippen LogP contribution in [0.5, 0.6) is 5.06 Å². The van der Waals surface area contributed by atoms with E-state index in [2.05, 4.69) is 0 Å². The van der Waals surface area contributed by atoms with E-state index in [1.54, 1.807) is 12.1 Å². The van der Waals surface area contributed by atoms with Crippen LogP contribution in [0.4, 0.5) is 0 Å². The van der Waals surface area contributed by atoms with Gasteiger partial charge in [0.1, 0.15) is 0 Å². The van der Waals surface area contributed by atoms with Crippen LogP contribution in [-0.2, 0) is 0 Å². The molecular weight excluding hydrogens is 108 g/mol. The molecule has 0 spiro atoms. The largest absolute Gasteiger partial charge is 0.499 e. The van der Waals surface area contributed by atoms with E-state index >= 15 is 0 Å². The molecule has 0 aromatic carbocycles. The zero-order valence-corrected chi connectivity index (χ0v) is 3.90. The summed E-state index contributed by atoms with van der Waals surface area (Å²) in [6.45, 7) is 0. The normalized spacial score (nSPS) is 7.43. The number of rotatable bonds is 0. The van der Waals surface area contributed by atoms with Gasteiger partial charge < -0.3 is 5.11 Å². The molecule has 7 heavy (non-hydrogen) atoms. The minimum atomic E-state index is 0. The van der Waals surface area contributed by atoms with Crippen LogP contribution in [0.1, 0.15) is 7.43 Å². The van der Waals surface area contributed by atoms with Crippen LogP contribution in [0.25, 0.3) is 0 Å². The Balaban J connectivity index is 0.000000360. The Morgan fingerprint density at radius 3 is 2.43 bits per heavy atom. The van der Waals surface area contributed by atoms with E-state index in [1.807, 2.05) is 5.38 Å². The monoisotopic (exact) mass is 116 g/mol. The van der Waals surface area contributed by atoms with Gasteiger partial charge in [-0.3, -0.25) is 0 Å². The van der Waals surface area contributed by atoms with Crippen molar-refractivity contribution in [1.29, 1.82) is 0 Å². The van der Waals surface area contributed by atoms with E-state index in [1.165, 1.54) is 11.3 Å². The highest BCUT2D eigenvalue weighted by atomic mass is 32.1. The van der Waals surface area contributed by atoms with Gasteiger partial charge in [-0.05, 0) is 17.5 Å². The fraction of sp³-hybridized carbons (Fsp3) is 0.200. The summed E-state index contributed by atoms with van der Waals surface area (Å²) in [7, 11) is 0. The lowest BCUT2D eigenvalue weighted by Crippen LogP contribution is -1.35. The van der Waals surface area contributed by atoms with Crippen molar-refractivity contribution in [3.8, 4) is 5.06 Å². The maximum atomic E-state index is 8.49. The van der Waals surface area contributed by atoms with Crippen LogP contribution >= 0.6 is 11.3 Å². The van der Waals surface area contributed by atoms with E-state index in [9.17, 15) is 0 Å². The minimum Gasteiger partial charge on any atom is -0.499 e. The first-order valence-electron chi connectivity index (χ1n) is 1.62. The molecule has 0 saturated carbocycles.